The van der Waals surface area contributed by atoms with E-state index < -0.39 is 6.16 Å². The van der Waals surface area contributed by atoms with Crippen LogP contribution in [0.5, 0.6) is 0 Å². The van der Waals surface area contributed by atoms with E-state index in [1.54, 1.807) is 0 Å². The highest BCUT2D eigenvalue weighted by Gasteiger charge is 2.08. The van der Waals surface area contributed by atoms with Gasteiger partial charge < -0.3 is 14.8 Å². The van der Waals surface area contributed by atoms with Crippen molar-refractivity contribution in [1.82, 2.24) is 5.32 Å². The van der Waals surface area contributed by atoms with Crippen molar-refractivity contribution in [1.29, 1.82) is 0 Å². The monoisotopic (exact) mass is 157 g/mol. The zero-order valence-electron chi connectivity index (χ0n) is 6.42. The van der Waals surface area contributed by atoms with Crippen molar-refractivity contribution in [2.24, 2.45) is 0 Å². The van der Waals surface area contributed by atoms with E-state index in [0.29, 0.717) is 12.3 Å². The third-order valence-electron chi connectivity index (χ3n) is 1.37. The number of hydrogen-bond acceptors (Lipinski definition) is 4. The minimum Gasteiger partial charge on any atom is -0.437 e. The molecule has 0 aromatic rings. The van der Waals surface area contributed by atoms with E-state index in [1.165, 1.54) is 7.11 Å². The van der Waals surface area contributed by atoms with Gasteiger partial charge in [-0.25, -0.2) is 4.79 Å². The highest BCUT2D eigenvalue weighted by molar-refractivity contribution is 5.61. The molecule has 0 spiro atoms. The van der Waals surface area contributed by atoms with Crippen molar-refractivity contribution in [3.63, 3.8) is 0 Å². The van der Waals surface area contributed by atoms with Crippen molar-refractivity contribution < 1.29 is 14.3 Å². The summed E-state index contributed by atoms with van der Waals surface area (Å²) in [6.07, 6.45) is 2.12. The smallest absolute Gasteiger partial charge is 0.437 e. The molecule has 0 atom stereocenters. The van der Waals surface area contributed by atoms with Crippen molar-refractivity contribution in [3.8, 4) is 0 Å². The summed E-state index contributed by atoms with van der Waals surface area (Å²) < 4.78 is 9.10. The zero-order chi connectivity index (χ0) is 8.10. The molecule has 0 fully saturated rings. The Kier molecular flexibility index (Phi) is 2.92. The Morgan fingerprint density at radius 2 is 2.55 bits per heavy atom. The first-order valence-corrected chi connectivity index (χ1v) is 3.48. The maximum absolute atomic E-state index is 10.6. The SMILES string of the molecule is COC(=O)OC1=CCCNC1. The highest BCUT2D eigenvalue weighted by atomic mass is 16.7. The number of carbonyl (C=O) groups is 1. The predicted molar refractivity (Wildman–Crippen MR) is 39.1 cm³/mol. The average Bonchev–Trinajstić information content (AvgIpc) is 2.06. The van der Waals surface area contributed by atoms with Crippen molar-refractivity contribution in [3.05, 3.63) is 11.8 Å². The number of rotatable bonds is 1. The van der Waals surface area contributed by atoms with Gasteiger partial charge in [-0.15, -0.1) is 0 Å². The van der Waals surface area contributed by atoms with E-state index in [2.05, 4.69) is 10.1 Å². The first-order chi connectivity index (χ1) is 5.33. The van der Waals surface area contributed by atoms with Crippen LogP contribution in [0.1, 0.15) is 6.42 Å². The van der Waals surface area contributed by atoms with Gasteiger partial charge in [0.15, 0.2) is 0 Å². The topological polar surface area (TPSA) is 47.6 Å². The minimum absolute atomic E-state index is 0.606. The summed E-state index contributed by atoms with van der Waals surface area (Å²) in [6, 6.07) is 0. The number of nitrogens with one attached hydrogen (secondary N) is 1. The molecular formula is C7H11NO3. The molecule has 4 nitrogen and oxygen atoms in total. The molecule has 0 unspecified atom stereocenters. The molecule has 1 rings (SSSR count). The predicted octanol–water partition coefficient (Wildman–Crippen LogP) is 0.647. The van der Waals surface area contributed by atoms with Gasteiger partial charge in [-0.05, 0) is 19.0 Å². The minimum atomic E-state index is -0.653. The Hall–Kier alpha value is -1.03. The molecular weight excluding hydrogens is 146 g/mol. The second-order valence-corrected chi connectivity index (χ2v) is 2.19. The summed E-state index contributed by atoms with van der Waals surface area (Å²) in [5.41, 5.74) is 0. The van der Waals surface area contributed by atoms with E-state index in [-0.39, 0.29) is 0 Å². The van der Waals surface area contributed by atoms with Gasteiger partial charge in [0.2, 0.25) is 0 Å². The first-order valence-electron chi connectivity index (χ1n) is 3.48. The molecule has 1 aliphatic heterocycles. The molecule has 0 radical (unpaired) electrons. The van der Waals surface area contributed by atoms with Crippen molar-refractivity contribution in [2.45, 2.75) is 6.42 Å². The van der Waals surface area contributed by atoms with Crippen LogP contribution in [0.15, 0.2) is 11.8 Å². The molecule has 0 aromatic heterocycles. The third-order valence-corrected chi connectivity index (χ3v) is 1.37. The van der Waals surface area contributed by atoms with Crippen LogP contribution >= 0.6 is 0 Å². The average molecular weight is 157 g/mol. The first kappa shape index (κ1) is 8.07. The Morgan fingerprint density at radius 1 is 1.73 bits per heavy atom. The van der Waals surface area contributed by atoms with Crippen molar-refractivity contribution in [2.75, 3.05) is 20.2 Å². The summed E-state index contributed by atoms with van der Waals surface area (Å²) in [5, 5.41) is 3.06. The molecule has 0 bridgehead atoms. The molecule has 4 heteroatoms. The van der Waals surface area contributed by atoms with Gasteiger partial charge in [0.05, 0.1) is 13.7 Å². The number of hydrogen-bond donors (Lipinski definition) is 1. The summed E-state index contributed by atoms with van der Waals surface area (Å²) in [5.74, 6) is 0.642. The largest absolute Gasteiger partial charge is 0.513 e. The molecule has 1 heterocycles. The van der Waals surface area contributed by atoms with Crippen molar-refractivity contribution >= 4 is 6.16 Å². The quantitative estimate of drug-likeness (QED) is 0.567. The van der Waals surface area contributed by atoms with Crippen LogP contribution in [-0.2, 0) is 9.47 Å². The lowest BCUT2D eigenvalue weighted by atomic mass is 10.3. The van der Waals surface area contributed by atoms with Gasteiger partial charge in [-0.1, -0.05) is 0 Å². The fraction of sp³-hybridized carbons (Fsp3) is 0.571. The second kappa shape index (κ2) is 3.98. The second-order valence-electron chi connectivity index (χ2n) is 2.19. The van der Waals surface area contributed by atoms with Crippen LogP contribution in [0, 0.1) is 0 Å². The molecule has 0 saturated heterocycles. The Bertz CT molecular complexity index is 177. The molecule has 0 amide bonds. The molecule has 11 heavy (non-hydrogen) atoms. The molecule has 0 aromatic carbocycles. The number of carbonyl (C=O) groups excluding carboxylic acids is 1. The number of ether oxygens (including phenoxy) is 2. The van der Waals surface area contributed by atoms with Gasteiger partial charge in [0.1, 0.15) is 5.76 Å². The fourth-order valence-electron chi connectivity index (χ4n) is 0.845. The molecule has 1 aliphatic rings. The van der Waals surface area contributed by atoms with Crippen LogP contribution < -0.4 is 5.32 Å². The Balaban J connectivity index is 2.35. The van der Waals surface area contributed by atoms with Gasteiger partial charge >= 0.3 is 6.16 Å². The van der Waals surface area contributed by atoms with Crippen LogP contribution in [0.4, 0.5) is 4.79 Å². The van der Waals surface area contributed by atoms with Gasteiger partial charge in [-0.3, -0.25) is 0 Å². The van der Waals surface area contributed by atoms with E-state index in [9.17, 15) is 4.79 Å². The standard InChI is InChI=1S/C7H11NO3/c1-10-7(9)11-6-3-2-4-8-5-6/h3,8H,2,4-5H2,1H3. The van der Waals surface area contributed by atoms with Gasteiger partial charge in [0, 0.05) is 0 Å². The van der Waals surface area contributed by atoms with Crippen LogP contribution in [0.3, 0.4) is 0 Å². The lowest BCUT2D eigenvalue weighted by molar-refractivity contribution is 0.0946. The Morgan fingerprint density at radius 3 is 3.09 bits per heavy atom. The summed E-state index contributed by atoms with van der Waals surface area (Å²) in [7, 11) is 1.29. The molecule has 62 valence electrons. The molecule has 0 aliphatic carbocycles. The number of methoxy groups -OCH3 is 1. The highest BCUT2D eigenvalue weighted by Crippen LogP contribution is 2.03. The summed E-state index contributed by atoms with van der Waals surface area (Å²) in [6.45, 7) is 1.54. The Labute approximate surface area is 65.2 Å². The fourth-order valence-corrected chi connectivity index (χ4v) is 0.845. The summed E-state index contributed by atoms with van der Waals surface area (Å²) in [4.78, 5) is 10.6. The normalized spacial score (nSPS) is 17.0. The lowest BCUT2D eigenvalue weighted by Crippen LogP contribution is -2.24. The maximum atomic E-state index is 10.6. The van der Waals surface area contributed by atoms with Gasteiger partial charge in [-0.2, -0.15) is 0 Å². The zero-order valence-corrected chi connectivity index (χ0v) is 6.42. The molecule has 0 saturated carbocycles. The van der Waals surface area contributed by atoms with E-state index in [4.69, 9.17) is 4.74 Å². The van der Waals surface area contributed by atoms with E-state index in [0.717, 1.165) is 13.0 Å². The van der Waals surface area contributed by atoms with Gasteiger partial charge in [0.25, 0.3) is 0 Å². The van der Waals surface area contributed by atoms with E-state index in [1.807, 2.05) is 6.08 Å². The lowest BCUT2D eigenvalue weighted by Gasteiger charge is -2.12. The summed E-state index contributed by atoms with van der Waals surface area (Å²) >= 11 is 0. The third kappa shape index (κ3) is 2.59. The molecule has 1 N–H and O–H groups in total. The van der Waals surface area contributed by atoms with Crippen LogP contribution in [0.25, 0.3) is 0 Å². The van der Waals surface area contributed by atoms with E-state index >= 15 is 0 Å². The maximum Gasteiger partial charge on any atom is 0.513 e. The van der Waals surface area contributed by atoms with Crippen LogP contribution in [0.2, 0.25) is 0 Å². The van der Waals surface area contributed by atoms with Crippen LogP contribution in [-0.4, -0.2) is 26.4 Å².